The lowest BCUT2D eigenvalue weighted by atomic mass is 10.1. The van der Waals surface area contributed by atoms with Crippen LogP contribution in [0.15, 0.2) is 71.8 Å². The molecule has 7 heteroatoms. The minimum absolute atomic E-state index is 0.105. The van der Waals surface area contributed by atoms with Gasteiger partial charge in [0.1, 0.15) is 13.2 Å². The average molecular weight is 368 g/mol. The summed E-state index contributed by atoms with van der Waals surface area (Å²) in [4.78, 5) is 4.43. The Balaban J connectivity index is 1.56. The number of anilines is 1. The fourth-order valence-electron chi connectivity index (χ4n) is 2.64. The van der Waals surface area contributed by atoms with E-state index in [2.05, 4.69) is 9.71 Å². The minimum atomic E-state index is -3.75. The number of pyridine rings is 1. The summed E-state index contributed by atoms with van der Waals surface area (Å²) in [6.07, 6.45) is 1.50. The molecule has 0 radical (unpaired) electrons. The largest absolute Gasteiger partial charge is 0.486 e. The van der Waals surface area contributed by atoms with E-state index in [1.165, 1.54) is 18.3 Å². The van der Waals surface area contributed by atoms with Gasteiger partial charge in [0.2, 0.25) is 0 Å². The van der Waals surface area contributed by atoms with Crippen LogP contribution in [0, 0.1) is 0 Å². The highest BCUT2D eigenvalue weighted by Crippen LogP contribution is 2.32. The third-order valence-corrected chi connectivity index (χ3v) is 5.29. The van der Waals surface area contributed by atoms with Crippen molar-refractivity contribution in [1.29, 1.82) is 0 Å². The highest BCUT2D eigenvalue weighted by molar-refractivity contribution is 7.92. The molecule has 0 amide bonds. The molecule has 0 fully saturated rings. The second-order valence-corrected chi connectivity index (χ2v) is 7.39. The molecule has 1 aliphatic heterocycles. The fourth-order valence-corrected chi connectivity index (χ4v) is 3.70. The molecule has 132 valence electrons. The number of benzene rings is 2. The molecule has 1 N–H and O–H groups in total. The van der Waals surface area contributed by atoms with E-state index in [9.17, 15) is 8.42 Å². The van der Waals surface area contributed by atoms with Gasteiger partial charge in [-0.15, -0.1) is 0 Å². The maximum absolute atomic E-state index is 12.6. The Bertz CT molecular complexity index is 1020. The molecule has 0 unspecified atom stereocenters. The highest BCUT2D eigenvalue weighted by Gasteiger charge is 2.19. The van der Waals surface area contributed by atoms with Crippen LogP contribution in [0.5, 0.6) is 11.5 Å². The summed E-state index contributed by atoms with van der Waals surface area (Å²) in [5.41, 5.74) is 2.13. The molecule has 26 heavy (non-hydrogen) atoms. The number of ether oxygens (including phenoxy) is 2. The molecule has 1 aromatic heterocycles. The molecule has 2 aromatic carbocycles. The molecule has 1 aliphatic rings. The third-order valence-electron chi connectivity index (χ3n) is 3.91. The van der Waals surface area contributed by atoms with E-state index >= 15 is 0 Å². The van der Waals surface area contributed by atoms with E-state index in [4.69, 9.17) is 9.47 Å². The fraction of sp³-hybridized carbons (Fsp3) is 0.105. The van der Waals surface area contributed by atoms with Crippen molar-refractivity contribution in [2.24, 2.45) is 0 Å². The lowest BCUT2D eigenvalue weighted by Gasteiger charge is -2.19. The van der Waals surface area contributed by atoms with Gasteiger partial charge < -0.3 is 9.47 Å². The molecular weight excluding hydrogens is 352 g/mol. The van der Waals surface area contributed by atoms with Crippen LogP contribution in [0.2, 0.25) is 0 Å². The number of hydrogen-bond donors (Lipinski definition) is 1. The van der Waals surface area contributed by atoms with Gasteiger partial charge in [0, 0.05) is 11.6 Å². The molecule has 2 heterocycles. The molecule has 4 rings (SSSR count). The first-order valence-corrected chi connectivity index (χ1v) is 9.54. The van der Waals surface area contributed by atoms with Crippen LogP contribution in [0.4, 0.5) is 5.69 Å². The van der Waals surface area contributed by atoms with Crippen LogP contribution in [0.25, 0.3) is 11.3 Å². The Hall–Kier alpha value is -3.06. The van der Waals surface area contributed by atoms with Crippen molar-refractivity contribution in [2.45, 2.75) is 4.90 Å². The number of nitrogens with one attached hydrogen (secondary N) is 1. The molecule has 0 saturated heterocycles. The molecule has 3 aromatic rings. The van der Waals surface area contributed by atoms with Gasteiger partial charge in [0.05, 0.1) is 22.5 Å². The van der Waals surface area contributed by atoms with Gasteiger partial charge in [-0.3, -0.25) is 9.71 Å². The predicted octanol–water partition coefficient (Wildman–Crippen LogP) is 3.32. The summed E-state index contributed by atoms with van der Waals surface area (Å²) in [7, 11) is -3.75. The first-order chi connectivity index (χ1) is 12.6. The minimum Gasteiger partial charge on any atom is -0.486 e. The first-order valence-electron chi connectivity index (χ1n) is 8.06. The summed E-state index contributed by atoms with van der Waals surface area (Å²) in [6.45, 7) is 0.853. The second kappa shape index (κ2) is 6.68. The van der Waals surface area contributed by atoms with E-state index in [0.717, 1.165) is 11.3 Å². The van der Waals surface area contributed by atoms with Gasteiger partial charge in [-0.1, -0.05) is 30.3 Å². The third kappa shape index (κ3) is 3.34. The van der Waals surface area contributed by atoms with Gasteiger partial charge in [-0.2, -0.15) is 0 Å². The normalized spacial score (nSPS) is 13.2. The number of nitrogens with zero attached hydrogens (tertiary/aromatic N) is 1. The Morgan fingerprint density at radius 2 is 1.65 bits per heavy atom. The van der Waals surface area contributed by atoms with Crippen LogP contribution in [-0.2, 0) is 10.0 Å². The van der Waals surface area contributed by atoms with Crippen molar-refractivity contribution >= 4 is 15.7 Å². The van der Waals surface area contributed by atoms with Gasteiger partial charge in [0.15, 0.2) is 11.5 Å². The van der Waals surface area contributed by atoms with Crippen molar-refractivity contribution < 1.29 is 17.9 Å². The molecule has 0 spiro atoms. The van der Waals surface area contributed by atoms with Crippen molar-refractivity contribution in [3.8, 4) is 22.8 Å². The Kier molecular flexibility index (Phi) is 4.22. The summed E-state index contributed by atoms with van der Waals surface area (Å²) in [5.74, 6) is 0.973. The van der Waals surface area contributed by atoms with Crippen molar-refractivity contribution in [3.05, 3.63) is 66.9 Å². The SMILES string of the molecule is O=S(=O)(Nc1ccc(-c2ccccc2)nc1)c1ccc2c(c1)OCCO2. The lowest BCUT2D eigenvalue weighted by molar-refractivity contribution is 0.171. The average Bonchev–Trinajstić information content (AvgIpc) is 2.68. The Morgan fingerprint density at radius 1 is 0.885 bits per heavy atom. The van der Waals surface area contributed by atoms with E-state index in [-0.39, 0.29) is 4.90 Å². The van der Waals surface area contributed by atoms with Crippen LogP contribution in [-0.4, -0.2) is 26.6 Å². The summed E-state index contributed by atoms with van der Waals surface area (Å²) in [5, 5.41) is 0. The van der Waals surface area contributed by atoms with Gasteiger partial charge in [0.25, 0.3) is 10.0 Å². The number of rotatable bonds is 4. The van der Waals surface area contributed by atoms with E-state index < -0.39 is 10.0 Å². The van der Waals surface area contributed by atoms with Crippen molar-refractivity contribution in [3.63, 3.8) is 0 Å². The predicted molar refractivity (Wildman–Crippen MR) is 97.9 cm³/mol. The summed E-state index contributed by atoms with van der Waals surface area (Å²) >= 11 is 0. The molecule has 6 nitrogen and oxygen atoms in total. The monoisotopic (exact) mass is 368 g/mol. The van der Waals surface area contributed by atoms with Crippen LogP contribution in [0.1, 0.15) is 0 Å². The van der Waals surface area contributed by atoms with E-state index in [1.807, 2.05) is 30.3 Å². The topological polar surface area (TPSA) is 77.5 Å². The maximum Gasteiger partial charge on any atom is 0.262 e. The number of sulfonamides is 1. The molecule has 0 bridgehead atoms. The number of fused-ring (bicyclic) bond motifs is 1. The van der Waals surface area contributed by atoms with Gasteiger partial charge in [-0.25, -0.2) is 8.42 Å². The van der Waals surface area contributed by atoms with Crippen LogP contribution < -0.4 is 14.2 Å². The summed E-state index contributed by atoms with van der Waals surface area (Å²) < 4.78 is 38.6. The highest BCUT2D eigenvalue weighted by atomic mass is 32.2. The molecule has 0 aliphatic carbocycles. The number of aromatic nitrogens is 1. The Labute approximate surface area is 151 Å². The lowest BCUT2D eigenvalue weighted by Crippen LogP contribution is -2.17. The van der Waals surface area contributed by atoms with Crippen LogP contribution >= 0.6 is 0 Å². The van der Waals surface area contributed by atoms with E-state index in [1.54, 1.807) is 18.2 Å². The zero-order valence-corrected chi connectivity index (χ0v) is 14.6. The summed E-state index contributed by atoms with van der Waals surface area (Å²) in [6, 6.07) is 17.7. The Morgan fingerprint density at radius 3 is 2.38 bits per heavy atom. The van der Waals surface area contributed by atoms with Crippen LogP contribution in [0.3, 0.4) is 0 Å². The first kappa shape index (κ1) is 16.4. The molecule has 0 atom stereocenters. The van der Waals surface area contributed by atoms with Gasteiger partial charge >= 0.3 is 0 Å². The van der Waals surface area contributed by atoms with Gasteiger partial charge in [-0.05, 0) is 24.3 Å². The standard InChI is InChI=1S/C19H16N2O4S/c22-26(23,16-7-9-18-19(12-16)25-11-10-24-18)21-15-6-8-17(20-13-15)14-4-2-1-3-5-14/h1-9,12-13,21H,10-11H2. The van der Waals surface area contributed by atoms with E-state index in [0.29, 0.717) is 30.4 Å². The maximum atomic E-state index is 12.6. The smallest absolute Gasteiger partial charge is 0.262 e. The number of hydrogen-bond acceptors (Lipinski definition) is 5. The molecule has 0 saturated carbocycles. The quantitative estimate of drug-likeness (QED) is 0.764. The van der Waals surface area contributed by atoms with Crippen molar-refractivity contribution in [2.75, 3.05) is 17.9 Å². The second-order valence-electron chi connectivity index (χ2n) is 5.71. The zero-order valence-electron chi connectivity index (χ0n) is 13.8. The zero-order chi connectivity index (χ0) is 18.0. The van der Waals surface area contributed by atoms with Crippen molar-refractivity contribution in [1.82, 2.24) is 4.98 Å². The molecular formula is C19H16N2O4S.